The summed E-state index contributed by atoms with van der Waals surface area (Å²) in [5.41, 5.74) is 1.35. The van der Waals surface area contributed by atoms with Crippen molar-refractivity contribution in [1.29, 1.82) is 0 Å². The van der Waals surface area contributed by atoms with Crippen molar-refractivity contribution in [1.82, 2.24) is 0 Å². The van der Waals surface area contributed by atoms with Gasteiger partial charge in [0.15, 0.2) is 0 Å². The van der Waals surface area contributed by atoms with Gasteiger partial charge in [0.1, 0.15) is 0 Å². The molecule has 0 aromatic heterocycles. The van der Waals surface area contributed by atoms with Gasteiger partial charge in [0.2, 0.25) is 0 Å². The molecule has 10 heavy (non-hydrogen) atoms. The molecule has 48 valence electrons. The van der Waals surface area contributed by atoms with Crippen LogP contribution in [-0.4, -0.2) is 24.8 Å². The second-order valence-corrected chi connectivity index (χ2v) is 2.20. The summed E-state index contributed by atoms with van der Waals surface area (Å²) in [4.78, 5) is 0. The van der Waals surface area contributed by atoms with Crippen molar-refractivity contribution in [2.45, 2.75) is 5.09 Å². The zero-order chi connectivity index (χ0) is 7.40. The van der Waals surface area contributed by atoms with Crippen LogP contribution in [0.25, 0.3) is 0 Å². The van der Waals surface area contributed by atoms with Crippen LogP contribution in [0.3, 0.4) is 0 Å². The minimum atomic E-state index is 0.928. The fourth-order valence-electron chi connectivity index (χ4n) is 0.861. The van der Waals surface area contributed by atoms with Crippen LogP contribution in [-0.2, 0) is 5.09 Å². The van der Waals surface area contributed by atoms with E-state index in [4.69, 9.17) is 4.74 Å². The molecule has 0 unspecified atom stereocenters. The van der Waals surface area contributed by atoms with E-state index < -0.39 is 0 Å². The van der Waals surface area contributed by atoms with E-state index >= 15 is 0 Å². The van der Waals surface area contributed by atoms with Crippen molar-refractivity contribution in [2.75, 3.05) is 7.11 Å². The van der Waals surface area contributed by atoms with Gasteiger partial charge in [-0.2, -0.15) is 0 Å². The summed E-state index contributed by atoms with van der Waals surface area (Å²) in [6, 6.07) is 8.13. The van der Waals surface area contributed by atoms with Crippen LogP contribution < -0.4 is 4.74 Å². The summed E-state index contributed by atoms with van der Waals surface area (Å²) < 4.78 is 5.01. The van der Waals surface area contributed by atoms with Gasteiger partial charge in [0, 0.05) is 0 Å². The molecule has 0 aliphatic heterocycles. The molecule has 1 aromatic rings. The summed E-state index contributed by atoms with van der Waals surface area (Å²) in [5.74, 6) is 0.928. The first-order valence-corrected chi connectivity index (χ1v) is 3.49. The van der Waals surface area contributed by atoms with Crippen molar-refractivity contribution in [2.24, 2.45) is 0 Å². The summed E-state index contributed by atoms with van der Waals surface area (Å²) in [5, 5.41) is 1.09. The average molecular weight is 133 g/mol. The Kier molecular flexibility index (Phi) is 2.86. The summed E-state index contributed by atoms with van der Waals surface area (Å²) in [6.45, 7) is 0. The number of rotatable bonds is 2. The zero-order valence-electron chi connectivity index (χ0n) is 6.42. The van der Waals surface area contributed by atoms with E-state index in [-0.39, 0.29) is 0 Å². The third-order valence-electron chi connectivity index (χ3n) is 1.57. The van der Waals surface area contributed by atoms with E-state index in [9.17, 15) is 0 Å². The third kappa shape index (κ3) is 1.80. The Balaban J connectivity index is 2.80. The van der Waals surface area contributed by atoms with Gasteiger partial charge in [-0.15, -0.1) is 0 Å². The Bertz CT molecular complexity index is 170. The van der Waals surface area contributed by atoms with Crippen LogP contribution in [0.2, 0.25) is 0 Å². The standard InChI is InChI=1S/C8H9O.Li/c1-7-3-5-8(9-2)6-4-7;/h3-6H,1H2,2H3;/i;1+5. The Labute approximate surface area is 70.6 Å². The number of methoxy groups -OCH3 is 1. The molecule has 0 radical (unpaired) electrons. The predicted molar refractivity (Wildman–Crippen MR) is 42.5 cm³/mol. The van der Waals surface area contributed by atoms with Crippen LogP contribution in [0.1, 0.15) is 5.56 Å². The Morgan fingerprint density at radius 1 is 1.30 bits per heavy atom. The first-order valence-electron chi connectivity index (χ1n) is 3.49. The van der Waals surface area contributed by atoms with Crippen molar-refractivity contribution in [3.63, 3.8) is 0 Å². The molecule has 0 N–H and O–H groups in total. The average Bonchev–Trinajstić information content (AvgIpc) is 2.05. The molecule has 0 aliphatic carbocycles. The molecular formula is C8H9LiO. The summed E-state index contributed by atoms with van der Waals surface area (Å²) >= 11 is 2.14. The normalized spacial score (nSPS) is 9.50. The number of ether oxygens (including phenoxy) is 1. The van der Waals surface area contributed by atoms with Gasteiger partial charge in [-0.05, 0) is 0 Å². The first kappa shape index (κ1) is 7.72. The second-order valence-electron chi connectivity index (χ2n) is 2.20. The fraction of sp³-hybridized carbons (Fsp3) is 0.250. The molecule has 1 nitrogen and oxygen atoms in total. The molecule has 1 aromatic carbocycles. The van der Waals surface area contributed by atoms with E-state index in [1.54, 1.807) is 7.11 Å². The monoisotopic (exact) mass is 133 g/mol. The summed E-state index contributed by atoms with van der Waals surface area (Å²) in [6.07, 6.45) is 0. The molecule has 0 atom stereocenters. The van der Waals surface area contributed by atoms with Gasteiger partial charge in [0.05, 0.1) is 0 Å². The molecule has 0 heterocycles. The molecule has 0 amide bonds. The quantitative estimate of drug-likeness (QED) is 0.553. The Morgan fingerprint density at radius 2 is 1.90 bits per heavy atom. The van der Waals surface area contributed by atoms with Crippen LogP contribution in [0.15, 0.2) is 24.3 Å². The van der Waals surface area contributed by atoms with Crippen molar-refractivity contribution in [3.05, 3.63) is 29.8 Å². The van der Waals surface area contributed by atoms with E-state index in [0.29, 0.717) is 0 Å². The van der Waals surface area contributed by atoms with Gasteiger partial charge in [-0.3, -0.25) is 0 Å². The van der Waals surface area contributed by atoms with Crippen LogP contribution in [0, 0.1) is 0 Å². The molecule has 0 spiro atoms. The zero-order valence-corrected chi connectivity index (χ0v) is 6.42. The molecule has 0 bridgehead atoms. The molecule has 0 fully saturated rings. The molecule has 0 saturated carbocycles. The maximum atomic E-state index is 5.01. The maximum absolute atomic E-state index is 5.01. The number of benzene rings is 1. The van der Waals surface area contributed by atoms with E-state index in [2.05, 4.69) is 29.8 Å². The Hall–Kier alpha value is -0.383. The predicted octanol–water partition coefficient (Wildman–Crippen LogP) is 1.36. The molecule has 2 heteroatoms. The van der Waals surface area contributed by atoms with E-state index in [0.717, 1.165) is 10.8 Å². The molecule has 1 rings (SSSR count). The second kappa shape index (κ2) is 3.70. The Morgan fingerprint density at radius 3 is 2.30 bits per heavy atom. The number of hydrogen-bond acceptors (Lipinski definition) is 1. The van der Waals surface area contributed by atoms with E-state index in [1.807, 2.05) is 12.1 Å². The van der Waals surface area contributed by atoms with Gasteiger partial charge in [-0.25, -0.2) is 0 Å². The minimum absolute atomic E-state index is 0.928. The molecule has 0 aliphatic rings. The van der Waals surface area contributed by atoms with Crippen molar-refractivity contribution in [3.8, 4) is 5.75 Å². The summed E-state index contributed by atoms with van der Waals surface area (Å²) in [7, 11) is 1.68. The van der Waals surface area contributed by atoms with Crippen molar-refractivity contribution >= 4 is 17.7 Å². The van der Waals surface area contributed by atoms with Crippen molar-refractivity contribution < 1.29 is 4.74 Å². The molecule has 0 saturated heterocycles. The van der Waals surface area contributed by atoms with Gasteiger partial charge >= 0.3 is 70.2 Å². The van der Waals surface area contributed by atoms with Gasteiger partial charge in [0.25, 0.3) is 0 Å². The van der Waals surface area contributed by atoms with Gasteiger partial charge in [-0.1, -0.05) is 0 Å². The van der Waals surface area contributed by atoms with E-state index in [1.165, 1.54) is 5.56 Å². The molecular weight excluding hydrogens is 124 g/mol. The van der Waals surface area contributed by atoms with Crippen LogP contribution in [0.5, 0.6) is 5.75 Å². The van der Waals surface area contributed by atoms with Crippen LogP contribution in [0.4, 0.5) is 0 Å². The van der Waals surface area contributed by atoms with Gasteiger partial charge < -0.3 is 0 Å². The number of hydrogen-bond donors (Lipinski definition) is 0. The fourth-order valence-corrected chi connectivity index (χ4v) is 0.861. The topological polar surface area (TPSA) is 9.23 Å². The first-order chi connectivity index (χ1) is 4.86. The van der Waals surface area contributed by atoms with Crippen LogP contribution >= 0.6 is 0 Å². The third-order valence-corrected chi connectivity index (χ3v) is 1.57. The SMILES string of the molecule is [12Li][CH2]c1ccc(OC)cc1.